The lowest BCUT2D eigenvalue weighted by Crippen LogP contribution is -2.13. The summed E-state index contributed by atoms with van der Waals surface area (Å²) in [5.74, 6) is -0.0133. The number of anilines is 1. The predicted octanol–water partition coefficient (Wildman–Crippen LogP) is 5.90. The number of hydrogen-bond donors (Lipinski definition) is 1. The number of carbonyl (C=O) groups excluding carboxylic acids is 1. The highest BCUT2D eigenvalue weighted by molar-refractivity contribution is 8.00. The zero-order valence-corrected chi connectivity index (χ0v) is 15.2. The third-order valence-electron chi connectivity index (χ3n) is 3.73. The van der Waals surface area contributed by atoms with Gasteiger partial charge in [-0.15, -0.1) is 11.3 Å². The number of para-hydroxylation sites is 1. The molecule has 2 nitrogen and oxygen atoms in total. The Morgan fingerprint density at radius 1 is 1.27 bits per heavy atom. The van der Waals surface area contributed by atoms with Crippen molar-refractivity contribution in [1.82, 2.24) is 0 Å². The number of thioether (sulfide) groups is 1. The molecule has 0 aliphatic rings. The standard InChI is InChI=1S/C18H23NOS2/c1-5-13(3)22-14(4)15-8-6-7-9-16(15)19-18(20)17-12(2)10-11-21-17/h6-11,13-14H,5H2,1-4H3,(H,19,20). The van der Waals surface area contributed by atoms with Gasteiger partial charge in [-0.05, 0) is 48.9 Å². The summed E-state index contributed by atoms with van der Waals surface area (Å²) in [7, 11) is 0. The lowest BCUT2D eigenvalue weighted by Gasteiger charge is -2.19. The van der Waals surface area contributed by atoms with Gasteiger partial charge >= 0.3 is 0 Å². The van der Waals surface area contributed by atoms with Crippen LogP contribution in [0.25, 0.3) is 0 Å². The molecule has 0 spiro atoms. The summed E-state index contributed by atoms with van der Waals surface area (Å²) in [6.07, 6.45) is 1.15. The number of amides is 1. The summed E-state index contributed by atoms with van der Waals surface area (Å²) >= 11 is 3.43. The van der Waals surface area contributed by atoms with E-state index in [-0.39, 0.29) is 5.91 Å². The molecule has 1 aromatic heterocycles. The van der Waals surface area contributed by atoms with Crippen molar-refractivity contribution in [1.29, 1.82) is 0 Å². The molecule has 1 heterocycles. The molecule has 4 heteroatoms. The Morgan fingerprint density at radius 3 is 2.64 bits per heavy atom. The van der Waals surface area contributed by atoms with Crippen molar-refractivity contribution in [3.63, 3.8) is 0 Å². The Kier molecular flexibility index (Phi) is 6.09. The molecule has 0 fully saturated rings. The van der Waals surface area contributed by atoms with Crippen LogP contribution in [-0.2, 0) is 0 Å². The highest BCUT2D eigenvalue weighted by Gasteiger charge is 2.17. The first-order valence-electron chi connectivity index (χ1n) is 7.62. The van der Waals surface area contributed by atoms with E-state index in [0.29, 0.717) is 10.5 Å². The van der Waals surface area contributed by atoms with E-state index in [2.05, 4.69) is 32.2 Å². The first kappa shape index (κ1) is 17.1. The number of benzene rings is 1. The normalized spacial score (nSPS) is 13.6. The van der Waals surface area contributed by atoms with Crippen LogP contribution in [0.4, 0.5) is 5.69 Å². The molecule has 2 unspecified atom stereocenters. The number of thiophene rings is 1. The summed E-state index contributed by atoms with van der Waals surface area (Å²) < 4.78 is 0. The van der Waals surface area contributed by atoms with Gasteiger partial charge in [0.15, 0.2) is 0 Å². The third-order valence-corrected chi connectivity index (χ3v) is 6.20. The second-order valence-corrected chi connectivity index (χ2v) is 8.17. The van der Waals surface area contributed by atoms with Gasteiger partial charge < -0.3 is 5.32 Å². The van der Waals surface area contributed by atoms with Crippen LogP contribution >= 0.6 is 23.1 Å². The fraction of sp³-hybridized carbons (Fsp3) is 0.389. The maximum Gasteiger partial charge on any atom is 0.266 e. The first-order valence-corrected chi connectivity index (χ1v) is 9.45. The maximum atomic E-state index is 12.4. The van der Waals surface area contributed by atoms with Gasteiger partial charge in [0, 0.05) is 16.2 Å². The highest BCUT2D eigenvalue weighted by Crippen LogP contribution is 2.36. The maximum absolute atomic E-state index is 12.4. The Bertz CT molecular complexity index is 636. The van der Waals surface area contributed by atoms with E-state index in [0.717, 1.165) is 22.5 Å². The van der Waals surface area contributed by atoms with E-state index in [1.54, 1.807) is 0 Å². The number of carbonyl (C=O) groups is 1. The van der Waals surface area contributed by atoms with Crippen LogP contribution in [0.3, 0.4) is 0 Å². The summed E-state index contributed by atoms with van der Waals surface area (Å²) in [6, 6.07) is 10.1. The summed E-state index contributed by atoms with van der Waals surface area (Å²) in [6.45, 7) is 8.63. The Labute approximate surface area is 141 Å². The fourth-order valence-electron chi connectivity index (χ4n) is 2.27. The van der Waals surface area contributed by atoms with Gasteiger partial charge in [-0.25, -0.2) is 0 Å². The van der Waals surface area contributed by atoms with Crippen molar-refractivity contribution < 1.29 is 4.79 Å². The topological polar surface area (TPSA) is 29.1 Å². The smallest absolute Gasteiger partial charge is 0.266 e. The van der Waals surface area contributed by atoms with Gasteiger partial charge in [-0.3, -0.25) is 4.79 Å². The minimum Gasteiger partial charge on any atom is -0.321 e. The minimum absolute atomic E-state index is 0.0133. The average Bonchev–Trinajstić information content (AvgIpc) is 2.93. The second-order valence-electron chi connectivity index (χ2n) is 5.47. The summed E-state index contributed by atoms with van der Waals surface area (Å²) in [5.41, 5.74) is 3.14. The van der Waals surface area contributed by atoms with Crippen LogP contribution < -0.4 is 5.32 Å². The van der Waals surface area contributed by atoms with Crippen molar-refractivity contribution in [3.05, 3.63) is 51.7 Å². The first-order chi connectivity index (χ1) is 10.5. The molecule has 0 bridgehead atoms. The average molecular weight is 334 g/mol. The van der Waals surface area contributed by atoms with Crippen LogP contribution in [0.1, 0.15) is 53.2 Å². The molecule has 118 valence electrons. The van der Waals surface area contributed by atoms with Crippen molar-refractivity contribution in [2.24, 2.45) is 0 Å². The molecule has 22 heavy (non-hydrogen) atoms. The predicted molar refractivity (Wildman–Crippen MR) is 99.2 cm³/mol. The number of hydrogen-bond acceptors (Lipinski definition) is 3. The van der Waals surface area contributed by atoms with E-state index < -0.39 is 0 Å². The van der Waals surface area contributed by atoms with E-state index in [1.807, 2.05) is 48.3 Å². The summed E-state index contributed by atoms with van der Waals surface area (Å²) in [5, 5.41) is 6.01. The number of aryl methyl sites for hydroxylation is 1. The monoisotopic (exact) mass is 333 g/mol. The zero-order valence-electron chi connectivity index (χ0n) is 13.6. The Morgan fingerprint density at radius 2 is 2.00 bits per heavy atom. The van der Waals surface area contributed by atoms with Crippen molar-refractivity contribution >= 4 is 34.7 Å². The zero-order chi connectivity index (χ0) is 16.1. The lowest BCUT2D eigenvalue weighted by atomic mass is 10.1. The molecular formula is C18H23NOS2. The molecule has 2 rings (SSSR count). The molecule has 0 aliphatic heterocycles. The van der Waals surface area contributed by atoms with Crippen molar-refractivity contribution in [2.45, 2.75) is 44.6 Å². The molecule has 2 atom stereocenters. The molecule has 1 N–H and O–H groups in total. The van der Waals surface area contributed by atoms with Crippen LogP contribution in [0, 0.1) is 6.92 Å². The van der Waals surface area contributed by atoms with Gasteiger partial charge in [0.1, 0.15) is 0 Å². The van der Waals surface area contributed by atoms with E-state index >= 15 is 0 Å². The SMILES string of the molecule is CCC(C)SC(C)c1ccccc1NC(=O)c1sccc1C. The number of nitrogens with one attached hydrogen (secondary N) is 1. The molecule has 0 aliphatic carbocycles. The van der Waals surface area contributed by atoms with Crippen LogP contribution in [-0.4, -0.2) is 11.2 Å². The molecule has 0 radical (unpaired) electrons. The van der Waals surface area contributed by atoms with Gasteiger partial charge in [0.05, 0.1) is 4.88 Å². The third kappa shape index (κ3) is 4.14. The molecule has 1 amide bonds. The van der Waals surface area contributed by atoms with Crippen LogP contribution in [0.15, 0.2) is 35.7 Å². The molecule has 2 aromatic rings. The van der Waals surface area contributed by atoms with Crippen molar-refractivity contribution in [3.8, 4) is 0 Å². The van der Waals surface area contributed by atoms with E-state index in [9.17, 15) is 4.79 Å². The van der Waals surface area contributed by atoms with E-state index in [4.69, 9.17) is 0 Å². The largest absolute Gasteiger partial charge is 0.321 e. The molecular weight excluding hydrogens is 310 g/mol. The van der Waals surface area contributed by atoms with Crippen LogP contribution in [0.2, 0.25) is 0 Å². The lowest BCUT2D eigenvalue weighted by molar-refractivity contribution is 0.103. The quantitative estimate of drug-likeness (QED) is 0.713. The second kappa shape index (κ2) is 7.84. The van der Waals surface area contributed by atoms with Crippen LogP contribution in [0.5, 0.6) is 0 Å². The van der Waals surface area contributed by atoms with Gasteiger partial charge in [0.2, 0.25) is 0 Å². The Balaban J connectivity index is 2.18. The molecule has 0 saturated heterocycles. The highest BCUT2D eigenvalue weighted by atomic mass is 32.2. The number of rotatable bonds is 6. The minimum atomic E-state index is -0.0133. The fourth-order valence-corrected chi connectivity index (χ4v) is 4.33. The molecule has 1 aromatic carbocycles. The van der Waals surface area contributed by atoms with Gasteiger partial charge in [-0.1, -0.05) is 32.0 Å². The van der Waals surface area contributed by atoms with E-state index in [1.165, 1.54) is 16.9 Å². The summed E-state index contributed by atoms with van der Waals surface area (Å²) in [4.78, 5) is 13.2. The van der Waals surface area contributed by atoms with Crippen molar-refractivity contribution in [2.75, 3.05) is 5.32 Å². The van der Waals surface area contributed by atoms with Gasteiger partial charge in [-0.2, -0.15) is 11.8 Å². The Hall–Kier alpha value is -1.26. The van der Waals surface area contributed by atoms with Gasteiger partial charge in [0.25, 0.3) is 5.91 Å². The molecule has 0 saturated carbocycles.